The lowest BCUT2D eigenvalue weighted by Crippen LogP contribution is -2.50. The zero-order valence-corrected chi connectivity index (χ0v) is 20.4. The number of nitrogens with two attached hydrogens (primary N) is 1. The Balaban J connectivity index is 1.33. The lowest BCUT2D eigenvalue weighted by atomic mass is 9.96. The standard InChI is InChI=1S/C26H28F2N4O3S/c27-22-7-3-20(4-8-22)26(21-5-9-23(28)10-6-21)32-15-13-31(14-16-32)18-25(33)30-17-19-1-11-24(12-2-19)36(29,34)35/h1-12,26H,13-18H2,(H,30,33)(H2,29,34,35). The maximum atomic E-state index is 13.5. The third-order valence-corrected chi connectivity index (χ3v) is 7.18. The molecule has 0 atom stereocenters. The fraction of sp³-hybridized carbons (Fsp3) is 0.269. The molecule has 0 spiro atoms. The van der Waals surface area contributed by atoms with Crippen LogP contribution in [0.4, 0.5) is 8.78 Å². The Labute approximate surface area is 209 Å². The van der Waals surface area contributed by atoms with Gasteiger partial charge in [0.15, 0.2) is 0 Å². The summed E-state index contributed by atoms with van der Waals surface area (Å²) in [6, 6.07) is 18.6. The first-order valence-corrected chi connectivity index (χ1v) is 13.1. The highest BCUT2D eigenvalue weighted by Gasteiger charge is 2.27. The molecule has 10 heteroatoms. The van der Waals surface area contributed by atoms with Crippen molar-refractivity contribution in [2.45, 2.75) is 17.5 Å². The quantitative estimate of drug-likeness (QED) is 0.482. The molecule has 4 rings (SSSR count). The molecule has 190 valence electrons. The summed E-state index contributed by atoms with van der Waals surface area (Å²) in [6.45, 7) is 3.20. The maximum Gasteiger partial charge on any atom is 0.238 e. The summed E-state index contributed by atoms with van der Waals surface area (Å²) in [6.07, 6.45) is 0. The van der Waals surface area contributed by atoms with Crippen LogP contribution in [0.5, 0.6) is 0 Å². The van der Waals surface area contributed by atoms with Crippen LogP contribution in [0.15, 0.2) is 77.7 Å². The van der Waals surface area contributed by atoms with Crippen molar-refractivity contribution in [3.05, 3.63) is 101 Å². The number of carbonyl (C=O) groups excluding carboxylic acids is 1. The summed E-state index contributed by atoms with van der Waals surface area (Å²) in [7, 11) is -3.75. The molecule has 7 nitrogen and oxygen atoms in total. The summed E-state index contributed by atoms with van der Waals surface area (Å²) in [5.74, 6) is -0.756. The second kappa shape index (κ2) is 11.3. The fourth-order valence-corrected chi connectivity index (χ4v) is 4.86. The average molecular weight is 515 g/mol. The van der Waals surface area contributed by atoms with E-state index in [2.05, 4.69) is 15.1 Å². The van der Waals surface area contributed by atoms with Crippen LogP contribution in [0.1, 0.15) is 22.7 Å². The Morgan fingerprint density at radius 1 is 0.833 bits per heavy atom. The highest BCUT2D eigenvalue weighted by Crippen LogP contribution is 2.30. The summed E-state index contributed by atoms with van der Waals surface area (Å²) in [5, 5.41) is 7.96. The molecule has 0 aromatic heterocycles. The van der Waals surface area contributed by atoms with Crippen molar-refractivity contribution in [1.29, 1.82) is 0 Å². The highest BCUT2D eigenvalue weighted by atomic mass is 32.2. The third-order valence-electron chi connectivity index (χ3n) is 6.25. The van der Waals surface area contributed by atoms with Crippen molar-refractivity contribution < 1.29 is 22.0 Å². The average Bonchev–Trinajstić information content (AvgIpc) is 2.86. The maximum absolute atomic E-state index is 13.5. The number of benzene rings is 3. The molecule has 1 aliphatic heterocycles. The van der Waals surface area contributed by atoms with E-state index in [1.165, 1.54) is 36.4 Å². The van der Waals surface area contributed by atoms with Gasteiger partial charge in [-0.2, -0.15) is 0 Å². The van der Waals surface area contributed by atoms with E-state index in [1.54, 1.807) is 36.4 Å². The van der Waals surface area contributed by atoms with Crippen molar-refractivity contribution >= 4 is 15.9 Å². The van der Waals surface area contributed by atoms with Gasteiger partial charge in [0.1, 0.15) is 11.6 Å². The van der Waals surface area contributed by atoms with E-state index in [-0.39, 0.29) is 41.6 Å². The molecule has 0 aliphatic carbocycles. The Bertz CT molecular complexity index is 1230. The number of amides is 1. The molecule has 0 bridgehead atoms. The normalized spacial score (nSPS) is 15.2. The zero-order valence-electron chi connectivity index (χ0n) is 19.6. The van der Waals surface area contributed by atoms with Gasteiger partial charge < -0.3 is 5.32 Å². The van der Waals surface area contributed by atoms with Crippen LogP contribution >= 0.6 is 0 Å². The number of carbonyl (C=O) groups is 1. The van der Waals surface area contributed by atoms with Crippen molar-refractivity contribution in [2.75, 3.05) is 32.7 Å². The molecule has 1 aliphatic rings. The van der Waals surface area contributed by atoms with Crippen LogP contribution in [-0.2, 0) is 21.4 Å². The van der Waals surface area contributed by atoms with Gasteiger partial charge in [-0.15, -0.1) is 0 Å². The van der Waals surface area contributed by atoms with Gasteiger partial charge in [-0.05, 0) is 53.1 Å². The topological polar surface area (TPSA) is 95.7 Å². The Hall–Kier alpha value is -3.18. The minimum atomic E-state index is -3.75. The minimum absolute atomic E-state index is 0.0232. The van der Waals surface area contributed by atoms with Crippen LogP contribution in [0.3, 0.4) is 0 Å². The van der Waals surface area contributed by atoms with Crippen molar-refractivity contribution in [2.24, 2.45) is 5.14 Å². The molecule has 1 amide bonds. The van der Waals surface area contributed by atoms with E-state index in [9.17, 15) is 22.0 Å². The highest BCUT2D eigenvalue weighted by molar-refractivity contribution is 7.89. The second-order valence-electron chi connectivity index (χ2n) is 8.78. The molecule has 1 saturated heterocycles. The van der Waals surface area contributed by atoms with Gasteiger partial charge in [0, 0.05) is 32.7 Å². The smallest absolute Gasteiger partial charge is 0.238 e. The van der Waals surface area contributed by atoms with Crippen molar-refractivity contribution in [3.63, 3.8) is 0 Å². The van der Waals surface area contributed by atoms with Crippen LogP contribution in [-0.4, -0.2) is 56.8 Å². The van der Waals surface area contributed by atoms with Crippen LogP contribution in [0.2, 0.25) is 0 Å². The zero-order chi connectivity index (χ0) is 25.7. The van der Waals surface area contributed by atoms with Crippen LogP contribution < -0.4 is 10.5 Å². The number of rotatable bonds is 8. The summed E-state index contributed by atoms with van der Waals surface area (Å²) >= 11 is 0. The second-order valence-corrected chi connectivity index (χ2v) is 10.3. The third kappa shape index (κ3) is 6.73. The molecule has 0 radical (unpaired) electrons. The molecule has 3 aromatic rings. The minimum Gasteiger partial charge on any atom is -0.351 e. The van der Waals surface area contributed by atoms with Gasteiger partial charge in [0.05, 0.1) is 17.5 Å². The first-order chi connectivity index (χ1) is 17.2. The molecule has 0 saturated carbocycles. The largest absolute Gasteiger partial charge is 0.351 e. The molecular formula is C26H28F2N4O3S. The Kier molecular flexibility index (Phi) is 8.10. The molecule has 0 unspecified atom stereocenters. The molecule has 1 heterocycles. The van der Waals surface area contributed by atoms with Gasteiger partial charge in [-0.3, -0.25) is 14.6 Å². The molecule has 1 fully saturated rings. The first kappa shape index (κ1) is 25.9. The van der Waals surface area contributed by atoms with Crippen LogP contribution in [0, 0.1) is 11.6 Å². The number of hydrogen-bond donors (Lipinski definition) is 2. The molecule has 3 aromatic carbocycles. The predicted octanol–water partition coefficient (Wildman–Crippen LogP) is 2.64. The van der Waals surface area contributed by atoms with Gasteiger partial charge in [0.25, 0.3) is 0 Å². The number of nitrogens with zero attached hydrogens (tertiary/aromatic N) is 2. The predicted molar refractivity (Wildman–Crippen MR) is 132 cm³/mol. The van der Waals surface area contributed by atoms with Crippen LogP contribution in [0.25, 0.3) is 0 Å². The van der Waals surface area contributed by atoms with E-state index in [4.69, 9.17) is 5.14 Å². The van der Waals surface area contributed by atoms with Gasteiger partial charge in [0.2, 0.25) is 15.9 Å². The SMILES string of the molecule is NS(=O)(=O)c1ccc(CNC(=O)CN2CCN(C(c3ccc(F)cc3)c3ccc(F)cc3)CC2)cc1. The van der Waals surface area contributed by atoms with E-state index in [0.29, 0.717) is 26.2 Å². The molecule has 3 N–H and O–H groups in total. The van der Waals surface area contributed by atoms with E-state index < -0.39 is 10.0 Å². The lowest BCUT2D eigenvalue weighted by molar-refractivity contribution is -0.122. The summed E-state index contributed by atoms with van der Waals surface area (Å²) in [5.41, 5.74) is 2.60. The number of primary sulfonamides is 1. The Morgan fingerprint density at radius 2 is 1.33 bits per heavy atom. The van der Waals surface area contributed by atoms with E-state index >= 15 is 0 Å². The lowest BCUT2D eigenvalue weighted by Gasteiger charge is -2.39. The van der Waals surface area contributed by atoms with E-state index in [0.717, 1.165) is 16.7 Å². The van der Waals surface area contributed by atoms with Gasteiger partial charge >= 0.3 is 0 Å². The molecule has 36 heavy (non-hydrogen) atoms. The summed E-state index contributed by atoms with van der Waals surface area (Å²) in [4.78, 5) is 16.8. The Morgan fingerprint density at radius 3 is 1.81 bits per heavy atom. The number of nitrogens with one attached hydrogen (secondary N) is 1. The molecular weight excluding hydrogens is 486 g/mol. The summed E-state index contributed by atoms with van der Waals surface area (Å²) < 4.78 is 49.7. The van der Waals surface area contributed by atoms with Crippen molar-refractivity contribution in [1.82, 2.24) is 15.1 Å². The van der Waals surface area contributed by atoms with Gasteiger partial charge in [-0.1, -0.05) is 36.4 Å². The number of hydrogen-bond acceptors (Lipinski definition) is 5. The fourth-order valence-electron chi connectivity index (χ4n) is 4.34. The van der Waals surface area contributed by atoms with Crippen molar-refractivity contribution in [3.8, 4) is 0 Å². The number of halogens is 2. The van der Waals surface area contributed by atoms with E-state index in [1.807, 2.05) is 0 Å². The number of piperazine rings is 1. The van der Waals surface area contributed by atoms with Gasteiger partial charge in [-0.25, -0.2) is 22.3 Å². The monoisotopic (exact) mass is 514 g/mol. The first-order valence-electron chi connectivity index (χ1n) is 11.5. The number of sulfonamides is 1.